The molecule has 0 fully saturated rings. The molecule has 1 aliphatic heterocycles. The number of rotatable bonds is 7. The van der Waals surface area contributed by atoms with E-state index in [0.29, 0.717) is 12.6 Å². The summed E-state index contributed by atoms with van der Waals surface area (Å²) in [6.07, 6.45) is 0.969. The SMILES string of the molecule is Br.NCC[C@H]1CN=C(CN(Cc2ccccc2)c2ccccc2)N1. The van der Waals surface area contributed by atoms with E-state index in [0.717, 1.165) is 31.9 Å². The number of hydrogen-bond donors (Lipinski definition) is 2. The normalized spacial score (nSPS) is 16.0. The van der Waals surface area contributed by atoms with Crippen molar-refractivity contribution in [3.63, 3.8) is 0 Å². The fourth-order valence-electron chi connectivity index (χ4n) is 2.87. The van der Waals surface area contributed by atoms with Gasteiger partial charge in [-0.3, -0.25) is 4.99 Å². The summed E-state index contributed by atoms with van der Waals surface area (Å²) in [4.78, 5) is 7.00. The molecule has 4 nitrogen and oxygen atoms in total. The van der Waals surface area contributed by atoms with Crippen LogP contribution in [0.15, 0.2) is 65.7 Å². The lowest BCUT2D eigenvalue weighted by molar-refractivity contribution is 0.607. The Bertz CT molecular complexity index is 630. The van der Waals surface area contributed by atoms with Crippen LogP contribution < -0.4 is 16.0 Å². The Kier molecular flexibility index (Phi) is 7.28. The molecule has 1 heterocycles. The zero-order valence-corrected chi connectivity index (χ0v) is 15.5. The molecular weight excluding hydrogens is 364 g/mol. The number of hydrogen-bond acceptors (Lipinski definition) is 4. The van der Waals surface area contributed by atoms with Crippen LogP contribution in [0.1, 0.15) is 12.0 Å². The molecule has 0 amide bonds. The molecule has 0 aromatic heterocycles. The highest BCUT2D eigenvalue weighted by Gasteiger charge is 2.19. The number of halogens is 1. The first-order chi connectivity index (χ1) is 11.3. The summed E-state index contributed by atoms with van der Waals surface area (Å²) in [6, 6.07) is 21.4. The molecule has 3 N–H and O–H groups in total. The minimum absolute atomic E-state index is 0. The molecular formula is C19H25BrN4. The van der Waals surface area contributed by atoms with Crippen LogP contribution in [0.3, 0.4) is 0 Å². The number of para-hydroxylation sites is 1. The van der Waals surface area contributed by atoms with Gasteiger partial charge in [-0.15, -0.1) is 17.0 Å². The Hall–Kier alpha value is -1.85. The fraction of sp³-hybridized carbons (Fsp3) is 0.316. The largest absolute Gasteiger partial charge is 0.368 e. The first-order valence-electron chi connectivity index (χ1n) is 8.19. The molecule has 2 aromatic carbocycles. The van der Waals surface area contributed by atoms with Gasteiger partial charge >= 0.3 is 0 Å². The molecule has 0 radical (unpaired) electrons. The highest BCUT2D eigenvalue weighted by molar-refractivity contribution is 8.93. The van der Waals surface area contributed by atoms with Crippen LogP contribution in [0.4, 0.5) is 5.69 Å². The van der Waals surface area contributed by atoms with E-state index < -0.39 is 0 Å². The highest BCUT2D eigenvalue weighted by Crippen LogP contribution is 2.17. The third-order valence-corrected chi connectivity index (χ3v) is 4.07. The van der Waals surface area contributed by atoms with Gasteiger partial charge < -0.3 is 16.0 Å². The summed E-state index contributed by atoms with van der Waals surface area (Å²) in [5, 5.41) is 3.51. The van der Waals surface area contributed by atoms with Gasteiger partial charge in [-0.2, -0.15) is 0 Å². The van der Waals surface area contributed by atoms with Crippen molar-refractivity contribution in [2.45, 2.75) is 19.0 Å². The molecule has 3 rings (SSSR count). The maximum Gasteiger partial charge on any atom is 0.116 e. The monoisotopic (exact) mass is 388 g/mol. The number of nitrogens with two attached hydrogens (primary N) is 1. The predicted molar refractivity (Wildman–Crippen MR) is 107 cm³/mol. The molecule has 1 aliphatic rings. The van der Waals surface area contributed by atoms with E-state index in [2.05, 4.69) is 69.8 Å². The van der Waals surface area contributed by atoms with Gasteiger partial charge in [0.1, 0.15) is 5.84 Å². The summed E-state index contributed by atoms with van der Waals surface area (Å²) >= 11 is 0. The maximum absolute atomic E-state index is 5.65. The molecule has 5 heteroatoms. The number of benzene rings is 2. The third kappa shape index (κ3) is 5.08. The van der Waals surface area contributed by atoms with Crippen LogP contribution in [0.2, 0.25) is 0 Å². The van der Waals surface area contributed by atoms with E-state index in [-0.39, 0.29) is 17.0 Å². The van der Waals surface area contributed by atoms with Crippen molar-refractivity contribution >= 4 is 28.5 Å². The van der Waals surface area contributed by atoms with Crippen LogP contribution >= 0.6 is 17.0 Å². The van der Waals surface area contributed by atoms with Crippen LogP contribution in [0.5, 0.6) is 0 Å². The Balaban J connectivity index is 0.00000208. The number of nitrogens with one attached hydrogen (secondary N) is 1. The van der Waals surface area contributed by atoms with Crippen molar-refractivity contribution in [2.24, 2.45) is 10.7 Å². The number of anilines is 1. The smallest absolute Gasteiger partial charge is 0.116 e. The van der Waals surface area contributed by atoms with E-state index in [4.69, 9.17) is 5.73 Å². The van der Waals surface area contributed by atoms with Gasteiger partial charge in [0.05, 0.1) is 13.1 Å². The van der Waals surface area contributed by atoms with Crippen molar-refractivity contribution in [2.75, 3.05) is 24.5 Å². The summed E-state index contributed by atoms with van der Waals surface area (Å²) in [6.45, 7) is 3.19. The minimum atomic E-state index is 0. The maximum atomic E-state index is 5.65. The first kappa shape index (κ1) is 18.5. The zero-order valence-electron chi connectivity index (χ0n) is 13.8. The predicted octanol–water partition coefficient (Wildman–Crippen LogP) is 2.99. The van der Waals surface area contributed by atoms with E-state index in [9.17, 15) is 0 Å². The topological polar surface area (TPSA) is 53.6 Å². The first-order valence-corrected chi connectivity index (χ1v) is 8.19. The summed E-state index contributed by atoms with van der Waals surface area (Å²) < 4.78 is 0. The molecule has 128 valence electrons. The van der Waals surface area contributed by atoms with Gasteiger partial charge in [0.2, 0.25) is 0 Å². The van der Waals surface area contributed by atoms with Crippen molar-refractivity contribution in [1.29, 1.82) is 0 Å². The Morgan fingerprint density at radius 1 is 1.00 bits per heavy atom. The van der Waals surface area contributed by atoms with Crippen LogP contribution in [0.25, 0.3) is 0 Å². The van der Waals surface area contributed by atoms with Crippen LogP contribution in [-0.2, 0) is 6.54 Å². The zero-order chi connectivity index (χ0) is 15.9. The Morgan fingerprint density at radius 3 is 2.33 bits per heavy atom. The van der Waals surface area contributed by atoms with Gasteiger partial charge in [0.15, 0.2) is 0 Å². The standard InChI is InChI=1S/C19H24N4.BrH/c20-12-11-17-13-21-19(22-17)15-23(18-9-5-2-6-10-18)14-16-7-3-1-4-8-16;/h1-10,17H,11-15,20H2,(H,21,22);1H/t17-;/m0./s1. The van der Waals surface area contributed by atoms with Gasteiger partial charge in [-0.1, -0.05) is 48.5 Å². The van der Waals surface area contributed by atoms with Gasteiger partial charge in [0, 0.05) is 18.3 Å². The highest BCUT2D eigenvalue weighted by atomic mass is 79.9. The summed E-state index contributed by atoms with van der Waals surface area (Å²) in [7, 11) is 0. The van der Waals surface area contributed by atoms with Crippen molar-refractivity contribution < 1.29 is 0 Å². The molecule has 0 unspecified atom stereocenters. The molecule has 0 bridgehead atoms. The minimum Gasteiger partial charge on any atom is -0.368 e. The average Bonchev–Trinajstić information content (AvgIpc) is 3.04. The fourth-order valence-corrected chi connectivity index (χ4v) is 2.87. The molecule has 24 heavy (non-hydrogen) atoms. The number of nitrogens with zero attached hydrogens (tertiary/aromatic N) is 2. The quantitative estimate of drug-likeness (QED) is 0.766. The van der Waals surface area contributed by atoms with Gasteiger partial charge in [-0.25, -0.2) is 0 Å². The Morgan fingerprint density at radius 2 is 1.67 bits per heavy atom. The molecule has 0 spiro atoms. The van der Waals surface area contributed by atoms with Crippen molar-refractivity contribution in [1.82, 2.24) is 5.32 Å². The summed E-state index contributed by atoms with van der Waals surface area (Å²) in [5.74, 6) is 1.06. The van der Waals surface area contributed by atoms with E-state index in [1.807, 2.05) is 6.07 Å². The van der Waals surface area contributed by atoms with Gasteiger partial charge in [-0.05, 0) is 30.7 Å². The lowest BCUT2D eigenvalue weighted by Gasteiger charge is -2.25. The van der Waals surface area contributed by atoms with Crippen molar-refractivity contribution in [3.05, 3.63) is 66.2 Å². The van der Waals surface area contributed by atoms with Crippen LogP contribution in [-0.4, -0.2) is 31.5 Å². The number of amidine groups is 1. The molecule has 2 aromatic rings. The average molecular weight is 389 g/mol. The number of aliphatic imine (C=N–C) groups is 1. The molecule has 1 atom stereocenters. The lowest BCUT2D eigenvalue weighted by atomic mass is 10.2. The van der Waals surface area contributed by atoms with Crippen LogP contribution in [0, 0.1) is 0 Å². The second-order valence-electron chi connectivity index (χ2n) is 5.88. The van der Waals surface area contributed by atoms with E-state index >= 15 is 0 Å². The van der Waals surface area contributed by atoms with Gasteiger partial charge in [0.25, 0.3) is 0 Å². The van der Waals surface area contributed by atoms with E-state index in [1.165, 1.54) is 11.3 Å². The molecule has 0 saturated heterocycles. The second kappa shape index (κ2) is 9.45. The summed E-state index contributed by atoms with van der Waals surface area (Å²) in [5.41, 5.74) is 8.16. The Labute approximate surface area is 154 Å². The van der Waals surface area contributed by atoms with Crippen molar-refractivity contribution in [3.8, 4) is 0 Å². The van der Waals surface area contributed by atoms with E-state index in [1.54, 1.807) is 0 Å². The second-order valence-corrected chi connectivity index (χ2v) is 5.88. The molecule has 0 aliphatic carbocycles. The lowest BCUT2D eigenvalue weighted by Crippen LogP contribution is -2.39. The molecule has 0 saturated carbocycles. The third-order valence-electron chi connectivity index (χ3n) is 4.07.